The van der Waals surface area contributed by atoms with Crippen LogP contribution in [-0.4, -0.2) is 29.9 Å². The van der Waals surface area contributed by atoms with Crippen LogP contribution in [0.3, 0.4) is 0 Å². The van der Waals surface area contributed by atoms with Gasteiger partial charge in [-0.3, -0.25) is 4.79 Å². The summed E-state index contributed by atoms with van der Waals surface area (Å²) >= 11 is 0. The van der Waals surface area contributed by atoms with Gasteiger partial charge in [-0.1, -0.05) is 19.1 Å². The SMILES string of the molecule is CCCOc1cccc(C[C@@](N)(CC(F)(F)F)C(=O)OC(C)(C)C)c1. The molecule has 0 saturated carbocycles. The van der Waals surface area contributed by atoms with Crippen LogP contribution in [0.5, 0.6) is 5.75 Å². The Morgan fingerprint density at radius 3 is 2.36 bits per heavy atom. The molecule has 0 aliphatic rings. The molecule has 0 unspecified atom stereocenters. The third-order valence-corrected chi connectivity index (χ3v) is 3.21. The molecule has 0 spiro atoms. The first kappa shape index (κ1) is 21.3. The van der Waals surface area contributed by atoms with Crippen molar-refractivity contribution in [2.45, 2.75) is 64.3 Å². The van der Waals surface area contributed by atoms with Crippen LogP contribution in [0.2, 0.25) is 0 Å². The Balaban J connectivity index is 3.06. The summed E-state index contributed by atoms with van der Waals surface area (Å²) in [5, 5.41) is 0. The summed E-state index contributed by atoms with van der Waals surface area (Å²) in [7, 11) is 0. The smallest absolute Gasteiger partial charge is 0.391 e. The normalized spacial score (nSPS) is 14.7. The Morgan fingerprint density at radius 1 is 1.20 bits per heavy atom. The zero-order valence-electron chi connectivity index (χ0n) is 15.1. The minimum atomic E-state index is -4.60. The van der Waals surface area contributed by atoms with Crippen LogP contribution in [0.15, 0.2) is 24.3 Å². The van der Waals surface area contributed by atoms with Crippen molar-refractivity contribution in [1.29, 1.82) is 0 Å². The average Bonchev–Trinajstić information content (AvgIpc) is 2.41. The van der Waals surface area contributed by atoms with E-state index in [0.717, 1.165) is 6.42 Å². The molecule has 0 bridgehead atoms. The fourth-order valence-corrected chi connectivity index (χ4v) is 2.27. The number of carbonyl (C=O) groups is 1. The first-order chi connectivity index (χ1) is 11.3. The molecule has 1 rings (SSSR count). The van der Waals surface area contributed by atoms with Gasteiger partial charge in [-0.25, -0.2) is 0 Å². The second kappa shape index (κ2) is 8.08. The van der Waals surface area contributed by atoms with E-state index in [1.165, 1.54) is 0 Å². The molecular formula is C18H26F3NO3. The minimum Gasteiger partial charge on any atom is -0.494 e. The molecule has 142 valence electrons. The molecule has 1 aromatic rings. The number of hydrogen-bond acceptors (Lipinski definition) is 4. The van der Waals surface area contributed by atoms with E-state index in [-0.39, 0.29) is 6.42 Å². The number of halogens is 3. The Hall–Kier alpha value is -1.76. The highest BCUT2D eigenvalue weighted by molar-refractivity contribution is 5.81. The van der Waals surface area contributed by atoms with Crippen LogP contribution >= 0.6 is 0 Å². The third kappa shape index (κ3) is 7.77. The van der Waals surface area contributed by atoms with E-state index in [1.807, 2.05) is 6.92 Å². The van der Waals surface area contributed by atoms with Gasteiger partial charge in [0.25, 0.3) is 0 Å². The lowest BCUT2D eigenvalue weighted by molar-refractivity contribution is -0.179. The average molecular weight is 361 g/mol. The molecule has 0 amide bonds. The van der Waals surface area contributed by atoms with Gasteiger partial charge >= 0.3 is 12.1 Å². The number of hydrogen-bond donors (Lipinski definition) is 1. The van der Waals surface area contributed by atoms with Crippen molar-refractivity contribution in [1.82, 2.24) is 0 Å². The molecule has 2 N–H and O–H groups in total. The maximum atomic E-state index is 13.0. The number of esters is 1. The molecule has 0 fully saturated rings. The monoisotopic (exact) mass is 361 g/mol. The van der Waals surface area contributed by atoms with Crippen molar-refractivity contribution in [2.24, 2.45) is 5.73 Å². The Bertz CT molecular complexity index is 582. The summed E-state index contributed by atoms with van der Waals surface area (Å²) < 4.78 is 49.5. The maximum Gasteiger partial charge on any atom is 0.391 e. The van der Waals surface area contributed by atoms with E-state index in [0.29, 0.717) is 17.9 Å². The summed E-state index contributed by atoms with van der Waals surface area (Å²) in [6, 6.07) is 6.57. The van der Waals surface area contributed by atoms with Gasteiger partial charge in [0.1, 0.15) is 16.9 Å². The number of rotatable bonds is 7. The summed E-state index contributed by atoms with van der Waals surface area (Å²) in [6.07, 6.45) is -5.56. The van der Waals surface area contributed by atoms with Crippen molar-refractivity contribution >= 4 is 5.97 Å². The van der Waals surface area contributed by atoms with Gasteiger partial charge in [-0.2, -0.15) is 13.2 Å². The lowest BCUT2D eigenvalue weighted by atomic mass is 9.88. The molecule has 4 nitrogen and oxygen atoms in total. The first-order valence-corrected chi connectivity index (χ1v) is 8.15. The fraction of sp³-hybridized carbons (Fsp3) is 0.611. The highest BCUT2D eigenvalue weighted by atomic mass is 19.4. The van der Waals surface area contributed by atoms with E-state index >= 15 is 0 Å². The van der Waals surface area contributed by atoms with Gasteiger partial charge in [-0.15, -0.1) is 0 Å². The van der Waals surface area contributed by atoms with Gasteiger partial charge < -0.3 is 15.2 Å². The van der Waals surface area contributed by atoms with Crippen molar-refractivity contribution in [3.8, 4) is 5.75 Å². The predicted molar refractivity (Wildman–Crippen MR) is 89.4 cm³/mol. The van der Waals surface area contributed by atoms with E-state index in [4.69, 9.17) is 15.2 Å². The van der Waals surface area contributed by atoms with E-state index in [9.17, 15) is 18.0 Å². The van der Waals surface area contributed by atoms with Crippen molar-refractivity contribution < 1.29 is 27.4 Å². The zero-order valence-corrected chi connectivity index (χ0v) is 15.1. The van der Waals surface area contributed by atoms with Crippen LogP contribution in [0, 0.1) is 0 Å². The van der Waals surface area contributed by atoms with Crippen molar-refractivity contribution in [2.75, 3.05) is 6.61 Å². The van der Waals surface area contributed by atoms with Crippen molar-refractivity contribution in [3.05, 3.63) is 29.8 Å². The largest absolute Gasteiger partial charge is 0.494 e. The van der Waals surface area contributed by atoms with E-state index < -0.39 is 29.7 Å². The Labute approximate surface area is 146 Å². The van der Waals surface area contributed by atoms with Crippen LogP contribution < -0.4 is 10.5 Å². The molecule has 0 heterocycles. The lowest BCUT2D eigenvalue weighted by Crippen LogP contribution is -2.55. The molecule has 7 heteroatoms. The first-order valence-electron chi connectivity index (χ1n) is 8.15. The molecule has 0 aliphatic carbocycles. The number of carbonyl (C=O) groups excluding carboxylic acids is 1. The summed E-state index contributed by atoms with van der Waals surface area (Å²) in [5.74, 6) is -0.546. The van der Waals surface area contributed by atoms with E-state index in [1.54, 1.807) is 45.0 Å². The quantitative estimate of drug-likeness (QED) is 0.746. The molecule has 1 atom stereocenters. The van der Waals surface area contributed by atoms with Gasteiger partial charge in [0.05, 0.1) is 13.0 Å². The zero-order chi connectivity index (χ0) is 19.3. The summed E-state index contributed by atoms with van der Waals surface area (Å²) in [4.78, 5) is 12.3. The number of alkyl halides is 3. The minimum absolute atomic E-state index is 0.301. The topological polar surface area (TPSA) is 61.5 Å². The number of ether oxygens (including phenoxy) is 2. The molecule has 1 aromatic carbocycles. The predicted octanol–water partition coefficient (Wildman–Crippen LogP) is 4.01. The van der Waals surface area contributed by atoms with Crippen molar-refractivity contribution in [3.63, 3.8) is 0 Å². The molecule has 0 saturated heterocycles. The van der Waals surface area contributed by atoms with Crippen LogP contribution in [-0.2, 0) is 16.0 Å². The maximum absolute atomic E-state index is 13.0. The van der Waals surface area contributed by atoms with Gasteiger partial charge in [0, 0.05) is 6.42 Å². The lowest BCUT2D eigenvalue weighted by Gasteiger charge is -2.32. The number of nitrogens with two attached hydrogens (primary N) is 1. The summed E-state index contributed by atoms with van der Waals surface area (Å²) in [5.41, 5.74) is 3.23. The van der Waals surface area contributed by atoms with Crippen LogP contribution in [0.4, 0.5) is 13.2 Å². The molecule has 0 radical (unpaired) electrons. The standard InChI is InChI=1S/C18H26F3NO3/c1-5-9-24-14-8-6-7-13(10-14)11-17(22,12-18(19,20)21)15(23)25-16(2,3)4/h6-8,10H,5,9,11-12,22H2,1-4H3/t17-/m1/s1. The Kier molecular flexibility index (Phi) is 6.88. The van der Waals surface area contributed by atoms with Gasteiger partial charge in [0.15, 0.2) is 0 Å². The second-order valence-electron chi connectivity index (χ2n) is 7.12. The molecule has 25 heavy (non-hydrogen) atoms. The molecular weight excluding hydrogens is 335 g/mol. The van der Waals surface area contributed by atoms with Gasteiger partial charge in [0.2, 0.25) is 0 Å². The molecule has 0 aliphatic heterocycles. The molecule has 0 aromatic heterocycles. The third-order valence-electron chi connectivity index (χ3n) is 3.21. The van der Waals surface area contributed by atoms with Gasteiger partial charge in [-0.05, 0) is 44.9 Å². The second-order valence-corrected chi connectivity index (χ2v) is 7.12. The van der Waals surface area contributed by atoms with Crippen LogP contribution in [0.25, 0.3) is 0 Å². The summed E-state index contributed by atoms with van der Waals surface area (Å²) in [6.45, 7) is 7.18. The highest BCUT2D eigenvalue weighted by Crippen LogP contribution is 2.31. The Morgan fingerprint density at radius 2 is 1.84 bits per heavy atom. The fourth-order valence-electron chi connectivity index (χ4n) is 2.27. The van der Waals surface area contributed by atoms with Crippen LogP contribution in [0.1, 0.15) is 46.1 Å². The van der Waals surface area contributed by atoms with E-state index in [2.05, 4.69) is 0 Å². The highest BCUT2D eigenvalue weighted by Gasteiger charge is 2.47. The number of benzene rings is 1.